The van der Waals surface area contributed by atoms with E-state index in [1.54, 1.807) is 0 Å². The number of likely N-dealkylation sites (N-methyl/N-ethyl adjacent to an activating group) is 2. The summed E-state index contributed by atoms with van der Waals surface area (Å²) in [7, 11) is 1.85. The Hall–Kier alpha value is -3.08. The van der Waals surface area contributed by atoms with Gasteiger partial charge >= 0.3 is 0 Å². The molecule has 2 aromatic carbocycles. The molecule has 0 aliphatic carbocycles. The maximum absolute atomic E-state index is 13.0. The summed E-state index contributed by atoms with van der Waals surface area (Å²) in [5.74, 6) is 0.242. The van der Waals surface area contributed by atoms with Gasteiger partial charge in [0.1, 0.15) is 11.4 Å². The van der Waals surface area contributed by atoms with Gasteiger partial charge < -0.3 is 9.64 Å². The van der Waals surface area contributed by atoms with Gasteiger partial charge in [-0.3, -0.25) is 14.5 Å². The van der Waals surface area contributed by atoms with Crippen LogP contribution in [0.3, 0.4) is 0 Å². The first-order valence-electron chi connectivity index (χ1n) is 9.55. The summed E-state index contributed by atoms with van der Waals surface area (Å²) in [6, 6.07) is 17.3. The molecule has 5 heteroatoms. The van der Waals surface area contributed by atoms with Gasteiger partial charge in [-0.15, -0.1) is 0 Å². The van der Waals surface area contributed by atoms with Crippen LogP contribution in [0.25, 0.3) is 5.57 Å². The maximum atomic E-state index is 13.0. The van der Waals surface area contributed by atoms with Crippen LogP contribution in [0, 0.1) is 0 Å². The number of ether oxygens (including phenoxy) is 1. The molecule has 0 N–H and O–H groups in total. The van der Waals surface area contributed by atoms with E-state index in [0.29, 0.717) is 24.4 Å². The van der Waals surface area contributed by atoms with Crippen molar-refractivity contribution in [2.24, 2.45) is 0 Å². The normalized spacial score (nSPS) is 14.2. The zero-order valence-electron chi connectivity index (χ0n) is 16.8. The van der Waals surface area contributed by atoms with Gasteiger partial charge in [-0.1, -0.05) is 42.5 Å². The highest BCUT2D eigenvalue weighted by molar-refractivity contribution is 6.35. The van der Waals surface area contributed by atoms with E-state index in [4.69, 9.17) is 4.74 Å². The number of rotatable bonds is 7. The molecule has 1 aliphatic heterocycles. The number of hydrogen-bond donors (Lipinski definition) is 0. The highest BCUT2D eigenvalue weighted by atomic mass is 16.5. The number of nitrogens with zero attached hydrogens (tertiary/aromatic N) is 2. The van der Waals surface area contributed by atoms with Crippen LogP contribution in [0.5, 0.6) is 5.75 Å². The van der Waals surface area contributed by atoms with E-state index in [9.17, 15) is 9.59 Å². The second kappa shape index (κ2) is 8.30. The minimum atomic E-state index is -0.250. The lowest BCUT2D eigenvalue weighted by Crippen LogP contribution is -2.33. The highest BCUT2D eigenvalue weighted by Gasteiger charge is 2.39. The molecule has 0 atom stereocenters. The molecule has 3 rings (SSSR count). The number of carbonyl (C=O) groups excluding carboxylic acids is 2. The fraction of sp³-hybridized carbons (Fsp3) is 0.304. The Morgan fingerprint density at radius 2 is 1.61 bits per heavy atom. The Bertz CT molecular complexity index is 886. The minimum absolute atomic E-state index is 0.0721. The van der Waals surface area contributed by atoms with E-state index < -0.39 is 0 Å². The quantitative estimate of drug-likeness (QED) is 0.689. The van der Waals surface area contributed by atoms with Gasteiger partial charge in [0.05, 0.1) is 11.7 Å². The number of carbonyl (C=O) groups is 2. The van der Waals surface area contributed by atoms with Crippen molar-refractivity contribution in [3.63, 3.8) is 0 Å². The predicted molar refractivity (Wildman–Crippen MR) is 109 cm³/mol. The van der Waals surface area contributed by atoms with Gasteiger partial charge in [-0.2, -0.15) is 0 Å². The van der Waals surface area contributed by atoms with Crippen molar-refractivity contribution in [1.82, 2.24) is 9.80 Å². The average Bonchev–Trinajstić information content (AvgIpc) is 2.92. The van der Waals surface area contributed by atoms with Crippen molar-refractivity contribution in [2.45, 2.75) is 33.4 Å². The first-order valence-corrected chi connectivity index (χ1v) is 9.55. The number of benzene rings is 2. The van der Waals surface area contributed by atoms with E-state index in [1.165, 1.54) is 4.90 Å². The molecule has 1 heterocycles. The van der Waals surface area contributed by atoms with Crippen LogP contribution < -0.4 is 4.74 Å². The van der Waals surface area contributed by atoms with Crippen molar-refractivity contribution in [3.8, 4) is 5.75 Å². The van der Waals surface area contributed by atoms with Gasteiger partial charge in [0.2, 0.25) is 0 Å². The summed E-state index contributed by atoms with van der Waals surface area (Å²) in [4.78, 5) is 29.1. The molecule has 5 nitrogen and oxygen atoms in total. The van der Waals surface area contributed by atoms with Crippen LogP contribution in [0.2, 0.25) is 0 Å². The lowest BCUT2D eigenvalue weighted by Gasteiger charge is -2.21. The summed E-state index contributed by atoms with van der Waals surface area (Å²) >= 11 is 0. The molecule has 146 valence electrons. The topological polar surface area (TPSA) is 49.9 Å². The molecule has 0 saturated carbocycles. The maximum Gasteiger partial charge on any atom is 0.277 e. The third-order valence-corrected chi connectivity index (χ3v) is 4.62. The SMILES string of the molecule is CCN1C(=O)C(c2ccc(OC(C)C)cc2)=C(N(C)Cc2ccccc2)C1=O. The number of hydrogen-bond acceptors (Lipinski definition) is 4. The lowest BCUT2D eigenvalue weighted by atomic mass is 10.0. The van der Waals surface area contributed by atoms with E-state index in [0.717, 1.165) is 16.9 Å². The lowest BCUT2D eigenvalue weighted by molar-refractivity contribution is -0.137. The Labute approximate surface area is 166 Å². The molecule has 0 bridgehead atoms. The van der Waals surface area contributed by atoms with E-state index in [-0.39, 0.29) is 17.9 Å². The Balaban J connectivity index is 1.98. The summed E-state index contributed by atoms with van der Waals surface area (Å²) in [5, 5.41) is 0. The molecule has 2 aromatic rings. The van der Waals surface area contributed by atoms with Gasteiger partial charge in [-0.25, -0.2) is 0 Å². The Morgan fingerprint density at radius 1 is 0.964 bits per heavy atom. The second-order valence-electron chi connectivity index (χ2n) is 7.11. The van der Waals surface area contributed by atoms with E-state index in [1.807, 2.05) is 87.3 Å². The zero-order chi connectivity index (χ0) is 20.3. The highest BCUT2D eigenvalue weighted by Crippen LogP contribution is 2.32. The Morgan fingerprint density at radius 3 is 2.18 bits per heavy atom. The molecule has 0 unspecified atom stereocenters. The van der Waals surface area contributed by atoms with Crippen LogP contribution in [0.4, 0.5) is 0 Å². The van der Waals surface area contributed by atoms with Crippen LogP contribution in [0.15, 0.2) is 60.3 Å². The summed E-state index contributed by atoms with van der Waals surface area (Å²) < 4.78 is 5.69. The fourth-order valence-electron chi connectivity index (χ4n) is 3.37. The molecule has 1 aliphatic rings. The van der Waals surface area contributed by atoms with Gasteiger partial charge in [-0.05, 0) is 44.0 Å². The molecular weight excluding hydrogens is 352 g/mol. The predicted octanol–water partition coefficient (Wildman–Crippen LogP) is 3.71. The molecule has 2 amide bonds. The largest absolute Gasteiger partial charge is 0.491 e. The van der Waals surface area contributed by atoms with Gasteiger partial charge in [0.25, 0.3) is 11.8 Å². The average molecular weight is 378 g/mol. The van der Waals surface area contributed by atoms with Crippen LogP contribution in [-0.2, 0) is 16.1 Å². The minimum Gasteiger partial charge on any atom is -0.491 e. The standard InChI is InChI=1S/C23H26N2O3/c1-5-25-22(26)20(18-11-13-19(14-12-18)28-16(2)3)21(23(25)27)24(4)15-17-9-7-6-8-10-17/h6-14,16H,5,15H2,1-4H3. The molecule has 0 saturated heterocycles. The number of amides is 2. The summed E-state index contributed by atoms with van der Waals surface area (Å²) in [6.45, 7) is 6.63. The van der Waals surface area contributed by atoms with E-state index >= 15 is 0 Å². The molecule has 0 spiro atoms. The smallest absolute Gasteiger partial charge is 0.277 e. The van der Waals surface area contributed by atoms with Crippen molar-refractivity contribution in [3.05, 3.63) is 71.4 Å². The molecular formula is C23H26N2O3. The van der Waals surface area contributed by atoms with Crippen molar-refractivity contribution < 1.29 is 14.3 Å². The third kappa shape index (κ3) is 3.93. The van der Waals surface area contributed by atoms with E-state index in [2.05, 4.69) is 0 Å². The van der Waals surface area contributed by atoms with Crippen LogP contribution in [0.1, 0.15) is 31.9 Å². The number of imide groups is 1. The van der Waals surface area contributed by atoms with Crippen molar-refractivity contribution in [2.75, 3.05) is 13.6 Å². The third-order valence-electron chi connectivity index (χ3n) is 4.62. The zero-order valence-corrected chi connectivity index (χ0v) is 16.8. The molecule has 0 fully saturated rings. The first-order chi connectivity index (χ1) is 13.4. The van der Waals surface area contributed by atoms with Crippen LogP contribution >= 0.6 is 0 Å². The first kappa shape index (κ1) is 19.7. The summed E-state index contributed by atoms with van der Waals surface area (Å²) in [5.41, 5.74) is 2.68. The van der Waals surface area contributed by atoms with Crippen LogP contribution in [-0.4, -0.2) is 41.3 Å². The van der Waals surface area contributed by atoms with Gasteiger partial charge in [0.15, 0.2) is 0 Å². The summed E-state index contributed by atoms with van der Waals surface area (Å²) in [6.07, 6.45) is 0.0721. The van der Waals surface area contributed by atoms with Gasteiger partial charge in [0, 0.05) is 20.1 Å². The second-order valence-corrected chi connectivity index (χ2v) is 7.11. The molecule has 0 radical (unpaired) electrons. The van der Waals surface area contributed by atoms with Crippen molar-refractivity contribution in [1.29, 1.82) is 0 Å². The monoisotopic (exact) mass is 378 g/mol. The molecule has 0 aromatic heterocycles. The fourth-order valence-corrected chi connectivity index (χ4v) is 3.37. The Kier molecular flexibility index (Phi) is 5.83. The molecule has 28 heavy (non-hydrogen) atoms. The van der Waals surface area contributed by atoms with Crippen molar-refractivity contribution >= 4 is 17.4 Å².